The third-order valence-corrected chi connectivity index (χ3v) is 4.76. The summed E-state index contributed by atoms with van der Waals surface area (Å²) in [5.41, 5.74) is 2.57. The summed E-state index contributed by atoms with van der Waals surface area (Å²) in [6, 6.07) is 14.4. The fourth-order valence-corrected chi connectivity index (χ4v) is 3.08. The predicted molar refractivity (Wildman–Crippen MR) is 107 cm³/mol. The molecule has 2 aromatic rings. The Hall–Kier alpha value is -2.73. The number of nitrogens with two attached hydrogens (primary N) is 1. The average Bonchev–Trinajstić information content (AvgIpc) is 2.66. The molecule has 0 heterocycles. The van der Waals surface area contributed by atoms with Gasteiger partial charge in [-0.3, -0.25) is 14.9 Å². The zero-order valence-corrected chi connectivity index (χ0v) is 16.3. The van der Waals surface area contributed by atoms with E-state index in [1.807, 2.05) is 12.2 Å². The SMILES string of the molecule is CCc1ccc([C@H]([NH2+][C@@H](C)C(=O)Nc2ccccc2[N+](=O)[O-])C(C)C)cc1. The lowest BCUT2D eigenvalue weighted by molar-refractivity contribution is -0.718. The third kappa shape index (κ3) is 5.37. The number of carbonyl (C=O) groups excluding carboxylic acids is 1. The van der Waals surface area contributed by atoms with E-state index < -0.39 is 4.92 Å². The summed E-state index contributed by atoms with van der Waals surface area (Å²) in [5.74, 6) is 0.0823. The van der Waals surface area contributed by atoms with Crippen LogP contribution in [0.25, 0.3) is 0 Å². The van der Waals surface area contributed by atoms with Gasteiger partial charge in [0.1, 0.15) is 11.7 Å². The van der Waals surface area contributed by atoms with E-state index in [1.165, 1.54) is 17.2 Å². The molecular formula is C21H28N3O3+. The maximum Gasteiger partial charge on any atom is 0.292 e. The van der Waals surface area contributed by atoms with Crippen molar-refractivity contribution in [2.75, 3.05) is 5.32 Å². The van der Waals surface area contributed by atoms with Crippen molar-refractivity contribution in [3.05, 3.63) is 69.8 Å². The van der Waals surface area contributed by atoms with Crippen molar-refractivity contribution in [1.82, 2.24) is 0 Å². The zero-order valence-electron chi connectivity index (χ0n) is 16.3. The van der Waals surface area contributed by atoms with Crippen LogP contribution in [0.3, 0.4) is 0 Å². The second-order valence-corrected chi connectivity index (χ2v) is 7.11. The lowest BCUT2D eigenvalue weighted by atomic mass is 9.94. The highest BCUT2D eigenvalue weighted by molar-refractivity contribution is 5.95. The van der Waals surface area contributed by atoms with E-state index in [4.69, 9.17) is 0 Å². The number of hydrogen-bond acceptors (Lipinski definition) is 3. The molecule has 0 saturated carbocycles. The first-order valence-corrected chi connectivity index (χ1v) is 9.31. The maximum atomic E-state index is 12.6. The lowest BCUT2D eigenvalue weighted by Crippen LogP contribution is -2.93. The number of nitro groups is 1. The molecule has 2 atom stereocenters. The summed E-state index contributed by atoms with van der Waals surface area (Å²) < 4.78 is 0. The summed E-state index contributed by atoms with van der Waals surface area (Å²) in [6.45, 7) is 8.19. The number of aryl methyl sites for hydroxylation is 1. The highest BCUT2D eigenvalue weighted by Gasteiger charge is 2.27. The zero-order chi connectivity index (χ0) is 20.0. The van der Waals surface area contributed by atoms with Crippen molar-refractivity contribution in [1.29, 1.82) is 0 Å². The van der Waals surface area contributed by atoms with Crippen molar-refractivity contribution >= 4 is 17.3 Å². The molecule has 3 N–H and O–H groups in total. The minimum absolute atomic E-state index is 0.103. The van der Waals surface area contributed by atoms with Gasteiger partial charge < -0.3 is 10.6 Å². The van der Waals surface area contributed by atoms with Crippen LogP contribution in [0.4, 0.5) is 11.4 Å². The maximum absolute atomic E-state index is 12.6. The molecule has 0 aromatic heterocycles. The second-order valence-electron chi connectivity index (χ2n) is 7.11. The van der Waals surface area contributed by atoms with E-state index in [1.54, 1.807) is 18.2 Å². The van der Waals surface area contributed by atoms with E-state index in [9.17, 15) is 14.9 Å². The topological polar surface area (TPSA) is 88.8 Å². The number of quaternary nitrogens is 1. The van der Waals surface area contributed by atoms with Gasteiger partial charge in [-0.25, -0.2) is 0 Å². The fraction of sp³-hybridized carbons (Fsp3) is 0.381. The quantitative estimate of drug-likeness (QED) is 0.551. The lowest BCUT2D eigenvalue weighted by Gasteiger charge is -2.23. The minimum Gasteiger partial charge on any atom is -0.330 e. The van der Waals surface area contributed by atoms with Crippen LogP contribution in [0, 0.1) is 16.0 Å². The predicted octanol–water partition coefficient (Wildman–Crippen LogP) is 3.44. The number of benzene rings is 2. The number of rotatable bonds is 8. The van der Waals surface area contributed by atoms with Gasteiger partial charge in [0.25, 0.3) is 11.6 Å². The molecule has 6 heteroatoms. The van der Waals surface area contributed by atoms with E-state index in [2.05, 4.69) is 50.4 Å². The van der Waals surface area contributed by atoms with Crippen molar-refractivity contribution in [3.8, 4) is 0 Å². The number of nitrogens with one attached hydrogen (secondary N) is 1. The van der Waals surface area contributed by atoms with Crippen molar-refractivity contribution in [3.63, 3.8) is 0 Å². The van der Waals surface area contributed by atoms with E-state index in [0.717, 1.165) is 6.42 Å². The highest BCUT2D eigenvalue weighted by atomic mass is 16.6. The Morgan fingerprint density at radius 2 is 1.74 bits per heavy atom. The van der Waals surface area contributed by atoms with Gasteiger partial charge >= 0.3 is 0 Å². The second kappa shape index (κ2) is 9.28. The molecule has 6 nitrogen and oxygen atoms in total. The smallest absolute Gasteiger partial charge is 0.292 e. The van der Waals surface area contributed by atoms with Crippen LogP contribution < -0.4 is 10.6 Å². The van der Waals surface area contributed by atoms with Crippen molar-refractivity contribution < 1.29 is 15.0 Å². The van der Waals surface area contributed by atoms with Gasteiger partial charge in [0.15, 0.2) is 6.04 Å². The Labute approximate surface area is 160 Å². The number of hydrogen-bond donors (Lipinski definition) is 2. The van der Waals surface area contributed by atoms with Gasteiger partial charge in [-0.1, -0.05) is 57.2 Å². The van der Waals surface area contributed by atoms with Gasteiger partial charge in [-0.05, 0) is 25.0 Å². The van der Waals surface area contributed by atoms with Crippen molar-refractivity contribution in [2.45, 2.75) is 46.2 Å². The van der Waals surface area contributed by atoms with Crippen LogP contribution in [0.15, 0.2) is 48.5 Å². The van der Waals surface area contributed by atoms with Crippen LogP contribution >= 0.6 is 0 Å². The Balaban J connectivity index is 2.11. The Morgan fingerprint density at radius 3 is 2.30 bits per heavy atom. The molecule has 1 amide bonds. The molecule has 0 aliphatic carbocycles. The molecular weight excluding hydrogens is 342 g/mol. The summed E-state index contributed by atoms with van der Waals surface area (Å²) in [5, 5.41) is 15.8. The summed E-state index contributed by atoms with van der Waals surface area (Å²) >= 11 is 0. The van der Waals surface area contributed by atoms with Gasteiger partial charge in [0, 0.05) is 17.5 Å². The van der Waals surface area contributed by atoms with Crippen LogP contribution in [0.5, 0.6) is 0 Å². The van der Waals surface area contributed by atoms with E-state index in [0.29, 0.717) is 5.92 Å². The van der Waals surface area contributed by atoms with Gasteiger partial charge in [-0.15, -0.1) is 0 Å². The first kappa shape index (κ1) is 20.6. The van der Waals surface area contributed by atoms with Gasteiger partial charge in [-0.2, -0.15) is 0 Å². The van der Waals surface area contributed by atoms with Crippen LogP contribution in [-0.2, 0) is 11.2 Å². The Morgan fingerprint density at radius 1 is 1.11 bits per heavy atom. The Bertz CT molecular complexity index is 788. The van der Waals surface area contributed by atoms with Gasteiger partial charge in [0.05, 0.1) is 4.92 Å². The molecule has 0 bridgehead atoms. The third-order valence-electron chi connectivity index (χ3n) is 4.76. The number of carbonyl (C=O) groups is 1. The largest absolute Gasteiger partial charge is 0.330 e. The van der Waals surface area contributed by atoms with E-state index in [-0.39, 0.29) is 29.4 Å². The van der Waals surface area contributed by atoms with Gasteiger partial charge in [0.2, 0.25) is 0 Å². The molecule has 2 rings (SSSR count). The molecule has 144 valence electrons. The molecule has 27 heavy (non-hydrogen) atoms. The fourth-order valence-electron chi connectivity index (χ4n) is 3.08. The number of para-hydroxylation sites is 2. The summed E-state index contributed by atoms with van der Waals surface area (Å²) in [7, 11) is 0. The molecule has 0 spiro atoms. The summed E-state index contributed by atoms with van der Waals surface area (Å²) in [6.07, 6.45) is 0.991. The van der Waals surface area contributed by atoms with E-state index >= 15 is 0 Å². The molecule has 0 saturated heterocycles. The standard InChI is InChI=1S/C21H27N3O3/c1-5-16-10-12-17(13-11-16)20(14(2)3)22-15(4)21(25)23-18-8-6-7-9-19(18)24(26)27/h6-15,20,22H,5H2,1-4H3,(H,23,25)/p+1/t15-,20+/m0/s1. The number of anilines is 1. The first-order valence-electron chi connectivity index (χ1n) is 9.31. The van der Waals surface area contributed by atoms with Crippen LogP contribution in [0.1, 0.15) is 44.9 Å². The molecule has 0 radical (unpaired) electrons. The molecule has 2 aromatic carbocycles. The highest BCUT2D eigenvalue weighted by Crippen LogP contribution is 2.23. The number of nitrogens with zero attached hydrogens (tertiary/aromatic N) is 1. The van der Waals surface area contributed by atoms with Crippen LogP contribution in [0.2, 0.25) is 0 Å². The number of amides is 1. The number of nitro benzene ring substituents is 1. The first-order chi connectivity index (χ1) is 12.8. The average molecular weight is 370 g/mol. The van der Waals surface area contributed by atoms with Crippen LogP contribution in [-0.4, -0.2) is 16.9 Å². The van der Waals surface area contributed by atoms with Crippen molar-refractivity contribution in [2.24, 2.45) is 5.92 Å². The summed E-state index contributed by atoms with van der Waals surface area (Å²) in [4.78, 5) is 23.2. The molecule has 0 fully saturated rings. The normalized spacial score (nSPS) is 13.2. The molecule has 0 unspecified atom stereocenters. The monoisotopic (exact) mass is 370 g/mol. The molecule has 0 aliphatic rings. The molecule has 0 aliphatic heterocycles. The Kier molecular flexibility index (Phi) is 7.07. The minimum atomic E-state index is -0.490.